The second-order valence-electron chi connectivity index (χ2n) is 7.19. The van der Waals surface area contributed by atoms with Crippen molar-refractivity contribution < 1.29 is 4.79 Å². The van der Waals surface area contributed by atoms with Crippen LogP contribution in [-0.4, -0.2) is 39.2 Å². The fourth-order valence-electron chi connectivity index (χ4n) is 3.50. The predicted octanol–water partition coefficient (Wildman–Crippen LogP) is 2.50. The van der Waals surface area contributed by atoms with Crippen LogP contribution >= 0.6 is 0 Å². The van der Waals surface area contributed by atoms with Crippen LogP contribution in [-0.2, 0) is 11.3 Å². The van der Waals surface area contributed by atoms with Crippen molar-refractivity contribution in [1.82, 2.24) is 25.5 Å². The molecule has 144 valence electrons. The Morgan fingerprint density at radius 3 is 2.50 bits per heavy atom. The van der Waals surface area contributed by atoms with Gasteiger partial charge in [0.2, 0.25) is 11.9 Å². The van der Waals surface area contributed by atoms with Gasteiger partial charge >= 0.3 is 0 Å². The molecule has 4 rings (SSSR count). The van der Waals surface area contributed by atoms with Crippen LogP contribution in [0.25, 0.3) is 5.69 Å². The number of aromatic nitrogens is 4. The van der Waals surface area contributed by atoms with Gasteiger partial charge in [0.05, 0.1) is 5.69 Å². The average Bonchev–Trinajstić information content (AvgIpc) is 3.24. The molecule has 1 aromatic heterocycles. The monoisotopic (exact) mass is 376 g/mol. The first-order chi connectivity index (χ1) is 13.7. The summed E-state index contributed by atoms with van der Waals surface area (Å²) in [7, 11) is 0. The molecule has 28 heavy (non-hydrogen) atoms. The number of amides is 1. The molecule has 0 radical (unpaired) electrons. The van der Waals surface area contributed by atoms with Gasteiger partial charge in [0.15, 0.2) is 0 Å². The second kappa shape index (κ2) is 8.21. The third-order valence-electron chi connectivity index (χ3n) is 5.19. The number of tetrazole rings is 1. The van der Waals surface area contributed by atoms with E-state index in [1.165, 1.54) is 5.56 Å². The first-order valence-corrected chi connectivity index (χ1v) is 9.63. The molecule has 2 aromatic carbocycles. The van der Waals surface area contributed by atoms with Gasteiger partial charge in [-0.3, -0.25) is 4.79 Å². The van der Waals surface area contributed by atoms with Crippen LogP contribution in [0.2, 0.25) is 0 Å². The number of carbonyl (C=O) groups is 1. The summed E-state index contributed by atoms with van der Waals surface area (Å²) < 4.78 is 1.75. The number of nitrogens with one attached hydrogen (secondary N) is 1. The maximum atomic E-state index is 12.5. The molecule has 7 nitrogen and oxygen atoms in total. The molecule has 7 heteroatoms. The van der Waals surface area contributed by atoms with Gasteiger partial charge < -0.3 is 10.2 Å². The normalized spacial score (nSPS) is 14.8. The lowest BCUT2D eigenvalue weighted by Crippen LogP contribution is -2.41. The summed E-state index contributed by atoms with van der Waals surface area (Å²) in [5.41, 5.74) is 3.28. The van der Waals surface area contributed by atoms with E-state index in [-0.39, 0.29) is 11.8 Å². The number of para-hydroxylation sites is 1. The Bertz CT molecular complexity index is 914. The van der Waals surface area contributed by atoms with E-state index in [1.807, 2.05) is 30.3 Å². The first-order valence-electron chi connectivity index (χ1n) is 9.63. The number of piperidine rings is 1. The minimum Gasteiger partial charge on any atom is -0.352 e. The molecule has 1 amide bonds. The maximum Gasteiger partial charge on any atom is 0.250 e. The minimum absolute atomic E-state index is 0.0303. The average molecular weight is 376 g/mol. The Morgan fingerprint density at radius 1 is 1.07 bits per heavy atom. The summed E-state index contributed by atoms with van der Waals surface area (Å²) in [6, 6.07) is 18.1. The first kappa shape index (κ1) is 18.2. The molecule has 0 aliphatic carbocycles. The molecule has 3 aromatic rings. The summed E-state index contributed by atoms with van der Waals surface area (Å²) in [4.78, 5) is 14.7. The lowest BCUT2D eigenvalue weighted by molar-refractivity contribution is -0.125. The van der Waals surface area contributed by atoms with Gasteiger partial charge in [-0.15, -0.1) is 0 Å². The fourth-order valence-corrected chi connectivity index (χ4v) is 3.50. The molecule has 2 heterocycles. The minimum atomic E-state index is 0.0303. The van der Waals surface area contributed by atoms with Crippen molar-refractivity contribution >= 4 is 11.9 Å². The van der Waals surface area contributed by atoms with Crippen LogP contribution in [0.4, 0.5) is 5.95 Å². The van der Waals surface area contributed by atoms with Crippen LogP contribution in [0.3, 0.4) is 0 Å². The molecule has 0 saturated carbocycles. The van der Waals surface area contributed by atoms with Crippen LogP contribution in [0.15, 0.2) is 54.6 Å². The predicted molar refractivity (Wildman–Crippen MR) is 107 cm³/mol. The van der Waals surface area contributed by atoms with Crippen molar-refractivity contribution in [2.24, 2.45) is 5.92 Å². The number of benzene rings is 2. The third kappa shape index (κ3) is 4.03. The number of anilines is 1. The summed E-state index contributed by atoms with van der Waals surface area (Å²) in [6.07, 6.45) is 1.59. The zero-order valence-electron chi connectivity index (χ0n) is 16.0. The van der Waals surface area contributed by atoms with E-state index in [4.69, 9.17) is 0 Å². The molecular weight excluding hydrogens is 352 g/mol. The highest BCUT2D eigenvalue weighted by Crippen LogP contribution is 2.23. The number of hydrogen-bond donors (Lipinski definition) is 1. The number of rotatable bonds is 5. The van der Waals surface area contributed by atoms with Crippen LogP contribution < -0.4 is 10.2 Å². The Balaban J connectivity index is 1.33. The van der Waals surface area contributed by atoms with Gasteiger partial charge in [-0.2, -0.15) is 4.68 Å². The lowest BCUT2D eigenvalue weighted by atomic mass is 9.96. The van der Waals surface area contributed by atoms with Crippen LogP contribution in [0, 0.1) is 12.8 Å². The second-order valence-corrected chi connectivity index (χ2v) is 7.19. The summed E-state index contributed by atoms with van der Waals surface area (Å²) in [5.74, 6) is 0.885. The molecule has 0 spiro atoms. The number of nitrogens with zero attached hydrogens (tertiary/aromatic N) is 5. The van der Waals surface area contributed by atoms with Crippen LogP contribution in [0.1, 0.15) is 24.0 Å². The highest BCUT2D eigenvalue weighted by molar-refractivity contribution is 5.79. The van der Waals surface area contributed by atoms with Gasteiger partial charge in [0, 0.05) is 25.6 Å². The number of carbonyl (C=O) groups excluding carboxylic acids is 1. The molecule has 0 bridgehead atoms. The fraction of sp³-hybridized carbons (Fsp3) is 0.333. The van der Waals surface area contributed by atoms with Crippen molar-refractivity contribution in [1.29, 1.82) is 0 Å². The molecule has 1 N–H and O–H groups in total. The smallest absolute Gasteiger partial charge is 0.250 e. The van der Waals surface area contributed by atoms with E-state index in [0.29, 0.717) is 6.54 Å². The van der Waals surface area contributed by atoms with Crippen molar-refractivity contribution in [2.45, 2.75) is 26.3 Å². The van der Waals surface area contributed by atoms with Crippen LogP contribution in [0.5, 0.6) is 0 Å². The van der Waals surface area contributed by atoms with E-state index in [2.05, 4.69) is 56.9 Å². The Kier molecular flexibility index (Phi) is 5.32. The van der Waals surface area contributed by atoms with E-state index in [9.17, 15) is 4.79 Å². The van der Waals surface area contributed by atoms with Crippen molar-refractivity contribution in [2.75, 3.05) is 18.0 Å². The molecule has 0 atom stereocenters. The summed E-state index contributed by atoms with van der Waals surface area (Å²) in [5, 5.41) is 15.2. The Hall–Kier alpha value is -3.22. The molecule has 1 aliphatic rings. The van der Waals surface area contributed by atoms with Gasteiger partial charge in [0.25, 0.3) is 0 Å². The molecule has 0 unspecified atom stereocenters. The molecule has 1 saturated heterocycles. The largest absolute Gasteiger partial charge is 0.352 e. The standard InChI is InChI=1S/C21H24N6O/c1-16-7-9-17(10-8-16)15-22-20(28)18-11-13-26(14-12-18)21-23-24-25-27(21)19-5-3-2-4-6-19/h2-10,18H,11-15H2,1H3,(H,22,28). The maximum absolute atomic E-state index is 12.5. The zero-order valence-corrected chi connectivity index (χ0v) is 16.0. The topological polar surface area (TPSA) is 75.9 Å². The van der Waals surface area contributed by atoms with Gasteiger partial charge in [0.1, 0.15) is 0 Å². The van der Waals surface area contributed by atoms with E-state index in [0.717, 1.165) is 43.1 Å². The van der Waals surface area contributed by atoms with E-state index in [1.54, 1.807) is 4.68 Å². The third-order valence-corrected chi connectivity index (χ3v) is 5.19. The van der Waals surface area contributed by atoms with Crippen molar-refractivity contribution in [3.05, 3.63) is 65.7 Å². The number of aryl methyl sites for hydroxylation is 1. The van der Waals surface area contributed by atoms with E-state index < -0.39 is 0 Å². The Labute approximate surface area is 164 Å². The molecule has 1 fully saturated rings. The van der Waals surface area contributed by atoms with Gasteiger partial charge in [-0.25, -0.2) is 0 Å². The van der Waals surface area contributed by atoms with Gasteiger partial charge in [-0.1, -0.05) is 53.1 Å². The summed E-state index contributed by atoms with van der Waals surface area (Å²) >= 11 is 0. The number of hydrogen-bond acceptors (Lipinski definition) is 5. The highest BCUT2D eigenvalue weighted by atomic mass is 16.1. The Morgan fingerprint density at radius 2 is 1.79 bits per heavy atom. The summed E-state index contributed by atoms with van der Waals surface area (Å²) in [6.45, 7) is 4.15. The van der Waals surface area contributed by atoms with Crippen molar-refractivity contribution in [3.8, 4) is 5.69 Å². The van der Waals surface area contributed by atoms with Gasteiger partial charge in [-0.05, 0) is 47.9 Å². The molecule has 1 aliphatic heterocycles. The quantitative estimate of drug-likeness (QED) is 0.740. The van der Waals surface area contributed by atoms with E-state index >= 15 is 0 Å². The molecular formula is C21H24N6O. The lowest BCUT2D eigenvalue weighted by Gasteiger charge is -2.31. The SMILES string of the molecule is Cc1ccc(CNC(=O)C2CCN(c3nnnn3-c3ccccc3)CC2)cc1. The highest BCUT2D eigenvalue weighted by Gasteiger charge is 2.27. The van der Waals surface area contributed by atoms with Crippen molar-refractivity contribution in [3.63, 3.8) is 0 Å². The zero-order chi connectivity index (χ0) is 19.3.